The van der Waals surface area contributed by atoms with Crippen molar-refractivity contribution >= 4 is 12.0 Å². The fraction of sp³-hybridized carbons (Fsp3) is 0.583. The number of unbranched alkanes of at least 4 members (excludes halogenated alkanes) is 2. The summed E-state index contributed by atoms with van der Waals surface area (Å²) in [6.07, 6.45) is 4.41. The van der Waals surface area contributed by atoms with E-state index in [1.165, 1.54) is 0 Å². The lowest BCUT2D eigenvalue weighted by Gasteiger charge is -2.44. The molecule has 4 rings (SSSR count). The zero-order valence-electron chi connectivity index (χ0n) is 27.0. The van der Waals surface area contributed by atoms with Gasteiger partial charge in [0.05, 0.1) is 36.0 Å². The van der Waals surface area contributed by atoms with Gasteiger partial charge in [0.25, 0.3) is 0 Å². The average molecular weight is 620 g/mol. The molecule has 2 aromatic carbocycles. The first-order valence-corrected chi connectivity index (χ1v) is 16.4. The van der Waals surface area contributed by atoms with Gasteiger partial charge < -0.3 is 29.9 Å². The van der Waals surface area contributed by atoms with Crippen LogP contribution in [0.5, 0.6) is 0 Å². The minimum Gasteiger partial charge on any atom is -0.450 e. The van der Waals surface area contributed by atoms with Crippen LogP contribution in [0, 0.1) is 30.1 Å². The lowest BCUT2D eigenvalue weighted by atomic mass is 9.71. The summed E-state index contributed by atoms with van der Waals surface area (Å²) in [4.78, 5) is 27.9. The topological polar surface area (TPSA) is 132 Å². The number of hydrogen-bond donors (Lipinski definition) is 3. The number of piperidine rings is 1. The molecule has 244 valence electrons. The van der Waals surface area contributed by atoms with Crippen LogP contribution < -0.4 is 5.32 Å². The first-order chi connectivity index (χ1) is 21.7. The third kappa shape index (κ3) is 8.63. The Balaban J connectivity index is 1.57. The summed E-state index contributed by atoms with van der Waals surface area (Å²) >= 11 is 0. The molecule has 2 aromatic rings. The van der Waals surface area contributed by atoms with Crippen molar-refractivity contribution in [2.24, 2.45) is 11.8 Å². The van der Waals surface area contributed by atoms with E-state index in [4.69, 9.17) is 9.47 Å². The number of nitrogens with one attached hydrogen (secondary N) is 1. The fourth-order valence-electron chi connectivity index (χ4n) is 6.94. The number of hydrogen-bond acceptors (Lipinski definition) is 7. The summed E-state index contributed by atoms with van der Waals surface area (Å²) in [5.41, 5.74) is 2.89. The predicted molar refractivity (Wildman–Crippen MR) is 172 cm³/mol. The van der Waals surface area contributed by atoms with Gasteiger partial charge in [0.1, 0.15) is 0 Å². The van der Waals surface area contributed by atoms with Gasteiger partial charge >= 0.3 is 6.09 Å². The maximum Gasteiger partial charge on any atom is 0.407 e. The van der Waals surface area contributed by atoms with Crippen molar-refractivity contribution in [2.75, 3.05) is 33.4 Å². The van der Waals surface area contributed by atoms with E-state index in [9.17, 15) is 25.1 Å². The van der Waals surface area contributed by atoms with Crippen LogP contribution in [0.4, 0.5) is 4.79 Å². The summed E-state index contributed by atoms with van der Waals surface area (Å²) < 4.78 is 10.5. The molecule has 2 aliphatic rings. The lowest BCUT2D eigenvalue weighted by Crippen LogP contribution is -2.49. The molecule has 0 bridgehead atoms. The molecule has 9 heteroatoms. The van der Waals surface area contributed by atoms with E-state index >= 15 is 0 Å². The Bertz CT molecular complexity index is 1340. The Kier molecular flexibility index (Phi) is 12.4. The number of rotatable bonds is 13. The average Bonchev–Trinajstić information content (AvgIpc) is 3.41. The number of aliphatic hydroxyl groups excluding tert-OH is 1. The van der Waals surface area contributed by atoms with Gasteiger partial charge in [0.15, 0.2) is 0 Å². The minimum absolute atomic E-state index is 0.0529. The molecule has 5 atom stereocenters. The highest BCUT2D eigenvalue weighted by molar-refractivity contribution is 5.80. The summed E-state index contributed by atoms with van der Waals surface area (Å²) in [5, 5.41) is 35.9. The van der Waals surface area contributed by atoms with Gasteiger partial charge in [-0.3, -0.25) is 4.79 Å². The van der Waals surface area contributed by atoms with E-state index in [-0.39, 0.29) is 18.2 Å². The number of ether oxygens (including phenoxy) is 2. The van der Waals surface area contributed by atoms with Crippen LogP contribution in [-0.4, -0.2) is 72.7 Å². The number of benzene rings is 2. The molecule has 1 aliphatic heterocycles. The van der Waals surface area contributed by atoms with Crippen molar-refractivity contribution in [1.29, 1.82) is 5.26 Å². The molecule has 0 spiro atoms. The van der Waals surface area contributed by atoms with Crippen LogP contribution >= 0.6 is 0 Å². The molecule has 9 nitrogen and oxygen atoms in total. The molecule has 0 unspecified atom stereocenters. The van der Waals surface area contributed by atoms with Crippen molar-refractivity contribution in [1.82, 2.24) is 10.2 Å². The van der Waals surface area contributed by atoms with E-state index in [1.54, 1.807) is 13.2 Å². The molecule has 3 N–H and O–H groups in total. The van der Waals surface area contributed by atoms with Gasteiger partial charge in [0, 0.05) is 38.6 Å². The van der Waals surface area contributed by atoms with Crippen LogP contribution in [0.2, 0.25) is 0 Å². The van der Waals surface area contributed by atoms with Crippen LogP contribution in [0.3, 0.4) is 0 Å². The molecule has 2 fully saturated rings. The molecule has 1 heterocycles. The molecular formula is C36H49N3O6. The molecule has 1 saturated carbocycles. The summed E-state index contributed by atoms with van der Waals surface area (Å²) in [5.74, 6) is -0.710. The third-order valence-corrected chi connectivity index (χ3v) is 9.42. The summed E-state index contributed by atoms with van der Waals surface area (Å²) in [6, 6.07) is 15.3. The number of alkyl carbamates (subject to hydrolysis) is 1. The Hall–Kier alpha value is -3.45. The first-order valence-electron chi connectivity index (χ1n) is 16.4. The number of likely N-dealkylation sites (tertiary alicyclic amines) is 1. The molecule has 2 amide bonds. The van der Waals surface area contributed by atoms with E-state index in [0.717, 1.165) is 60.8 Å². The monoisotopic (exact) mass is 619 g/mol. The fourth-order valence-corrected chi connectivity index (χ4v) is 6.94. The number of aliphatic hydroxyl groups is 2. The van der Waals surface area contributed by atoms with Gasteiger partial charge in [-0.05, 0) is 87.1 Å². The van der Waals surface area contributed by atoms with Gasteiger partial charge in [-0.1, -0.05) is 49.2 Å². The van der Waals surface area contributed by atoms with E-state index in [2.05, 4.69) is 17.5 Å². The normalized spacial score (nSPS) is 22.8. The zero-order valence-corrected chi connectivity index (χ0v) is 27.0. The van der Waals surface area contributed by atoms with Crippen LogP contribution in [-0.2, 0) is 19.9 Å². The molecule has 1 aliphatic carbocycles. The second-order valence-electron chi connectivity index (χ2n) is 12.7. The number of nitriles is 1. The second-order valence-corrected chi connectivity index (χ2v) is 12.7. The van der Waals surface area contributed by atoms with Crippen molar-refractivity contribution in [3.8, 4) is 17.2 Å². The van der Waals surface area contributed by atoms with Gasteiger partial charge in [-0.2, -0.15) is 5.26 Å². The van der Waals surface area contributed by atoms with Crippen molar-refractivity contribution in [2.45, 2.75) is 89.4 Å². The highest BCUT2D eigenvalue weighted by Crippen LogP contribution is 2.44. The van der Waals surface area contributed by atoms with Crippen molar-refractivity contribution < 1.29 is 29.3 Å². The zero-order chi connectivity index (χ0) is 32.4. The number of carbonyl (C=O) groups is 2. The quantitative estimate of drug-likeness (QED) is 0.254. The van der Waals surface area contributed by atoms with Crippen molar-refractivity contribution in [3.05, 3.63) is 59.2 Å². The summed E-state index contributed by atoms with van der Waals surface area (Å²) in [7, 11) is 1.67. The number of methoxy groups -OCH3 is 1. The Morgan fingerprint density at radius 3 is 2.69 bits per heavy atom. The SMILES string of the molecule is CCCCOC(=O)N[C@@H]1C[C@H](C(=O)N2CCC[C@@H]([C@@](O)(CCCCOC)c3ccc(C#N)cc3-c3cccc(C)c3)C2)C[C@@H]1O. The van der Waals surface area contributed by atoms with Crippen LogP contribution in [0.25, 0.3) is 11.1 Å². The maximum atomic E-state index is 13.8. The van der Waals surface area contributed by atoms with E-state index in [0.29, 0.717) is 44.7 Å². The molecule has 1 saturated heterocycles. The number of aryl methyl sites for hydroxylation is 1. The largest absolute Gasteiger partial charge is 0.450 e. The Morgan fingerprint density at radius 1 is 1.13 bits per heavy atom. The first kappa shape index (κ1) is 34.4. The Labute approximate surface area is 267 Å². The predicted octanol–water partition coefficient (Wildman–Crippen LogP) is 5.44. The smallest absolute Gasteiger partial charge is 0.407 e. The highest BCUT2D eigenvalue weighted by Gasteiger charge is 2.45. The number of carbonyl (C=O) groups excluding carboxylic acids is 2. The maximum absolute atomic E-state index is 13.8. The van der Waals surface area contributed by atoms with E-state index < -0.39 is 29.8 Å². The highest BCUT2D eigenvalue weighted by atomic mass is 16.5. The molecule has 0 aromatic heterocycles. The summed E-state index contributed by atoms with van der Waals surface area (Å²) in [6.45, 7) is 5.91. The van der Waals surface area contributed by atoms with Gasteiger partial charge in [0.2, 0.25) is 5.91 Å². The van der Waals surface area contributed by atoms with Crippen molar-refractivity contribution in [3.63, 3.8) is 0 Å². The third-order valence-electron chi connectivity index (χ3n) is 9.42. The molecule has 0 radical (unpaired) electrons. The number of amides is 2. The van der Waals surface area contributed by atoms with Crippen LogP contribution in [0.15, 0.2) is 42.5 Å². The van der Waals surface area contributed by atoms with Crippen LogP contribution in [0.1, 0.15) is 81.4 Å². The van der Waals surface area contributed by atoms with Gasteiger partial charge in [-0.25, -0.2) is 4.79 Å². The minimum atomic E-state index is -1.25. The Morgan fingerprint density at radius 2 is 1.96 bits per heavy atom. The number of nitrogens with zero attached hydrogens (tertiary/aromatic N) is 2. The molecular weight excluding hydrogens is 570 g/mol. The molecule has 45 heavy (non-hydrogen) atoms. The van der Waals surface area contributed by atoms with Gasteiger partial charge in [-0.15, -0.1) is 0 Å². The van der Waals surface area contributed by atoms with E-state index in [1.807, 2.05) is 49.1 Å². The second kappa shape index (κ2) is 16.2. The standard InChI is InChI=1S/C36H49N3O6/c1-4-5-18-45-35(42)38-32-21-28(22-33(32)40)34(41)39-16-9-12-29(24-39)36(43,15-6-7-17-44-3)31-14-13-26(23-37)20-30(31)27-11-8-10-25(2)19-27/h8,10-11,13-14,19-20,28-29,32-33,40,43H,4-7,9,12,15-18,21-22,24H2,1-3H3,(H,38,42)/t28-,29+,32+,33-,36-/m0/s1. The lowest BCUT2D eigenvalue weighted by molar-refractivity contribution is -0.141.